The number of nitrogens with zero attached hydrogens (tertiary/aromatic N) is 3. The van der Waals surface area contributed by atoms with E-state index < -0.39 is 11.8 Å². The van der Waals surface area contributed by atoms with Crippen molar-refractivity contribution in [3.8, 4) is 6.07 Å². The van der Waals surface area contributed by atoms with Crippen LogP contribution in [0.15, 0.2) is 65.3 Å². The molecule has 0 aromatic heterocycles. The summed E-state index contributed by atoms with van der Waals surface area (Å²) in [6, 6.07) is 16.0. The molecule has 0 radical (unpaired) electrons. The molecule has 0 spiro atoms. The van der Waals surface area contributed by atoms with E-state index in [1.54, 1.807) is 56.3 Å². The molecule has 2 aromatic carbocycles. The Kier molecular flexibility index (Phi) is 5.57. The van der Waals surface area contributed by atoms with E-state index in [4.69, 9.17) is 11.6 Å². The number of carbonyl (C=O) groups excluding carboxylic acids is 2. The van der Waals surface area contributed by atoms with Gasteiger partial charge in [-0.3, -0.25) is 9.59 Å². The van der Waals surface area contributed by atoms with Gasteiger partial charge in [0.1, 0.15) is 11.6 Å². The zero-order chi connectivity index (χ0) is 20.3. The lowest BCUT2D eigenvalue weighted by atomic mass is 10.0. The normalized spacial score (nSPS) is 16.6. The van der Waals surface area contributed by atoms with Gasteiger partial charge in [0.25, 0.3) is 11.8 Å². The van der Waals surface area contributed by atoms with E-state index in [-0.39, 0.29) is 11.5 Å². The highest BCUT2D eigenvalue weighted by Crippen LogP contribution is 2.26. The molecule has 1 aliphatic heterocycles. The first-order chi connectivity index (χ1) is 13.4. The van der Waals surface area contributed by atoms with Crippen LogP contribution in [0.2, 0.25) is 5.02 Å². The summed E-state index contributed by atoms with van der Waals surface area (Å²) in [4.78, 5) is 25.3. The Morgan fingerprint density at radius 2 is 1.93 bits per heavy atom. The molecule has 1 aliphatic rings. The van der Waals surface area contributed by atoms with Crippen LogP contribution >= 0.6 is 11.6 Å². The van der Waals surface area contributed by atoms with Gasteiger partial charge in [-0.1, -0.05) is 35.9 Å². The molecule has 3 rings (SSSR count). The molecule has 0 aliphatic carbocycles. The van der Waals surface area contributed by atoms with Crippen molar-refractivity contribution in [3.63, 3.8) is 0 Å². The number of halogens is 1. The van der Waals surface area contributed by atoms with Crippen LogP contribution in [-0.4, -0.2) is 17.5 Å². The number of para-hydroxylation sites is 1. The van der Waals surface area contributed by atoms with Gasteiger partial charge in [0.05, 0.1) is 17.3 Å². The standard InChI is InChI=1S/C21H17ClN4O2/c1-13-18(22)9-6-10-19(13)24-20(27)15(12-23)11-17-14(2)25-26(21(17)28)16-7-4-3-5-8-16/h3-11,17H,1-2H3,(H,24,27)/b15-11+/t17-/m0/s1. The third kappa shape index (κ3) is 3.80. The molecule has 2 aromatic rings. The SMILES string of the molecule is CC1=NN(c2ccccc2)C(=O)[C@H]1/C=C(\C#N)C(=O)Nc1cccc(Cl)c1C. The lowest BCUT2D eigenvalue weighted by Gasteiger charge is -2.13. The number of hydrazone groups is 1. The number of amides is 2. The Hall–Kier alpha value is -3.43. The molecule has 1 atom stereocenters. The number of nitriles is 1. The van der Waals surface area contributed by atoms with Crippen LogP contribution in [0.1, 0.15) is 12.5 Å². The van der Waals surface area contributed by atoms with Crippen molar-refractivity contribution < 1.29 is 9.59 Å². The van der Waals surface area contributed by atoms with Crippen LogP contribution in [0, 0.1) is 24.2 Å². The van der Waals surface area contributed by atoms with Crippen molar-refractivity contribution in [2.45, 2.75) is 13.8 Å². The number of nitrogens with one attached hydrogen (secondary N) is 1. The van der Waals surface area contributed by atoms with Crippen molar-refractivity contribution in [1.29, 1.82) is 5.26 Å². The number of benzene rings is 2. The minimum absolute atomic E-state index is 0.165. The fraction of sp³-hybridized carbons (Fsp3) is 0.143. The average molecular weight is 393 g/mol. The van der Waals surface area contributed by atoms with Crippen LogP contribution in [0.25, 0.3) is 0 Å². The van der Waals surface area contributed by atoms with Gasteiger partial charge in [0, 0.05) is 10.7 Å². The van der Waals surface area contributed by atoms with Gasteiger partial charge in [0.2, 0.25) is 0 Å². The molecule has 28 heavy (non-hydrogen) atoms. The van der Waals surface area contributed by atoms with Crippen LogP contribution in [0.4, 0.5) is 11.4 Å². The second kappa shape index (κ2) is 8.07. The highest BCUT2D eigenvalue weighted by atomic mass is 35.5. The van der Waals surface area contributed by atoms with E-state index in [2.05, 4.69) is 10.4 Å². The largest absolute Gasteiger partial charge is 0.321 e. The zero-order valence-electron chi connectivity index (χ0n) is 15.3. The average Bonchev–Trinajstić information content (AvgIpc) is 2.98. The van der Waals surface area contributed by atoms with Gasteiger partial charge in [0.15, 0.2) is 0 Å². The van der Waals surface area contributed by atoms with E-state index in [9.17, 15) is 14.9 Å². The highest BCUT2D eigenvalue weighted by Gasteiger charge is 2.33. The predicted molar refractivity (Wildman–Crippen MR) is 109 cm³/mol. The van der Waals surface area contributed by atoms with Gasteiger partial charge in [-0.2, -0.15) is 15.4 Å². The molecule has 1 N–H and O–H groups in total. The number of carbonyl (C=O) groups is 2. The number of hydrogen-bond donors (Lipinski definition) is 1. The van der Waals surface area contributed by atoms with Gasteiger partial charge in [-0.25, -0.2) is 0 Å². The monoisotopic (exact) mass is 392 g/mol. The molecule has 7 heteroatoms. The maximum absolute atomic E-state index is 12.8. The number of rotatable bonds is 4. The third-order valence-electron chi connectivity index (χ3n) is 4.40. The Morgan fingerprint density at radius 1 is 1.21 bits per heavy atom. The quantitative estimate of drug-likeness (QED) is 0.628. The summed E-state index contributed by atoms with van der Waals surface area (Å²) in [5.74, 6) is -1.70. The fourth-order valence-corrected chi connectivity index (χ4v) is 2.96. The van der Waals surface area contributed by atoms with Gasteiger partial charge in [-0.05, 0) is 49.8 Å². The zero-order valence-corrected chi connectivity index (χ0v) is 16.1. The lowest BCUT2D eigenvalue weighted by molar-refractivity contribution is -0.118. The molecule has 1 heterocycles. The first-order valence-corrected chi connectivity index (χ1v) is 8.92. The Bertz CT molecular complexity index is 1040. The van der Waals surface area contributed by atoms with E-state index in [1.807, 2.05) is 12.1 Å². The second-order valence-corrected chi connectivity index (χ2v) is 6.67. The molecule has 140 valence electrons. The van der Waals surface area contributed by atoms with E-state index in [1.165, 1.54) is 11.1 Å². The Balaban J connectivity index is 1.83. The van der Waals surface area contributed by atoms with Crippen molar-refractivity contribution >= 4 is 40.5 Å². The summed E-state index contributed by atoms with van der Waals surface area (Å²) in [6.45, 7) is 3.46. The van der Waals surface area contributed by atoms with Crippen molar-refractivity contribution in [1.82, 2.24) is 0 Å². The van der Waals surface area contributed by atoms with Crippen LogP contribution in [0.5, 0.6) is 0 Å². The number of hydrogen-bond acceptors (Lipinski definition) is 4. The van der Waals surface area contributed by atoms with E-state index >= 15 is 0 Å². The highest BCUT2D eigenvalue weighted by molar-refractivity contribution is 6.31. The summed E-state index contributed by atoms with van der Waals surface area (Å²) >= 11 is 6.06. The minimum atomic E-state index is -0.777. The summed E-state index contributed by atoms with van der Waals surface area (Å²) in [6.07, 6.45) is 1.35. The predicted octanol–water partition coefficient (Wildman–Crippen LogP) is 4.08. The van der Waals surface area contributed by atoms with E-state index in [0.29, 0.717) is 27.7 Å². The Labute approximate surface area is 167 Å². The first-order valence-electron chi connectivity index (χ1n) is 8.55. The van der Waals surface area contributed by atoms with Crippen LogP contribution < -0.4 is 10.3 Å². The van der Waals surface area contributed by atoms with E-state index in [0.717, 1.165) is 0 Å². The molecule has 0 saturated heterocycles. The minimum Gasteiger partial charge on any atom is -0.321 e. The van der Waals surface area contributed by atoms with Crippen molar-refractivity contribution in [2.75, 3.05) is 10.3 Å². The van der Waals surface area contributed by atoms with Crippen LogP contribution in [0.3, 0.4) is 0 Å². The second-order valence-electron chi connectivity index (χ2n) is 6.26. The molecule has 2 amide bonds. The van der Waals surface area contributed by atoms with Crippen LogP contribution in [-0.2, 0) is 9.59 Å². The molecule has 0 fully saturated rings. The van der Waals surface area contributed by atoms with Gasteiger partial charge >= 0.3 is 0 Å². The lowest BCUT2D eigenvalue weighted by Crippen LogP contribution is -2.27. The Morgan fingerprint density at radius 3 is 2.61 bits per heavy atom. The third-order valence-corrected chi connectivity index (χ3v) is 4.81. The molecular weight excluding hydrogens is 376 g/mol. The molecule has 6 nitrogen and oxygen atoms in total. The molecule has 0 bridgehead atoms. The van der Waals surface area contributed by atoms with Gasteiger partial charge in [-0.15, -0.1) is 0 Å². The smallest absolute Gasteiger partial charge is 0.266 e. The maximum Gasteiger partial charge on any atom is 0.266 e. The van der Waals surface area contributed by atoms with Gasteiger partial charge < -0.3 is 5.32 Å². The molecule has 0 saturated carbocycles. The summed E-state index contributed by atoms with van der Waals surface area (Å²) in [5, 5.41) is 18.2. The summed E-state index contributed by atoms with van der Waals surface area (Å²) < 4.78 is 0. The summed E-state index contributed by atoms with van der Waals surface area (Å²) in [5.41, 5.74) is 2.17. The topological polar surface area (TPSA) is 85.6 Å². The van der Waals surface area contributed by atoms with Crippen molar-refractivity contribution in [2.24, 2.45) is 11.0 Å². The fourth-order valence-electron chi connectivity index (χ4n) is 2.79. The molecular formula is C21H17ClN4O2. The first kappa shape index (κ1) is 19.3. The van der Waals surface area contributed by atoms with Crippen molar-refractivity contribution in [3.05, 3.63) is 70.8 Å². The summed E-state index contributed by atoms with van der Waals surface area (Å²) in [7, 11) is 0. The maximum atomic E-state index is 12.8. The molecule has 0 unspecified atom stereocenters. The number of anilines is 2.